The van der Waals surface area contributed by atoms with Crippen LogP contribution >= 0.6 is 0 Å². The Morgan fingerprint density at radius 3 is 2.23 bits per heavy atom. The first kappa shape index (κ1) is 32.4. The van der Waals surface area contributed by atoms with Crippen molar-refractivity contribution in [2.75, 3.05) is 6.54 Å². The van der Waals surface area contributed by atoms with Crippen LogP contribution in [0.5, 0.6) is 0 Å². The van der Waals surface area contributed by atoms with Crippen LogP contribution in [0.15, 0.2) is 128 Å². The molecular weight excluding hydrogens is 613 g/mol. The second-order valence-corrected chi connectivity index (χ2v) is 11.7. The van der Waals surface area contributed by atoms with Crippen molar-refractivity contribution < 1.29 is 22.8 Å². The molecule has 2 aromatic heterocycles. The van der Waals surface area contributed by atoms with Crippen molar-refractivity contribution in [1.29, 1.82) is 0 Å². The molecule has 0 saturated carbocycles. The van der Waals surface area contributed by atoms with Crippen LogP contribution in [0.1, 0.15) is 33.5 Å². The summed E-state index contributed by atoms with van der Waals surface area (Å²) >= 11 is 0. The molecule has 6 rings (SSSR count). The Morgan fingerprint density at radius 2 is 1.54 bits per heavy atom. The summed E-state index contributed by atoms with van der Waals surface area (Å²) in [6.07, 6.45) is 1.94. The van der Waals surface area contributed by atoms with Gasteiger partial charge in [0.15, 0.2) is 0 Å². The summed E-state index contributed by atoms with van der Waals surface area (Å²) in [7, 11) is 0. The minimum atomic E-state index is -4.57. The number of carbonyl (C=O) groups excluding carboxylic acids is 2. The van der Waals surface area contributed by atoms with E-state index in [1.165, 1.54) is 23.8 Å². The summed E-state index contributed by atoms with van der Waals surface area (Å²) in [5.74, 6) is -0.619. The molecule has 0 aliphatic carbocycles. The van der Waals surface area contributed by atoms with Gasteiger partial charge < -0.3 is 9.80 Å². The van der Waals surface area contributed by atoms with E-state index in [1.54, 1.807) is 11.1 Å². The summed E-state index contributed by atoms with van der Waals surface area (Å²) in [4.78, 5) is 39.9. The molecule has 0 radical (unpaired) electrons. The van der Waals surface area contributed by atoms with Crippen LogP contribution in [-0.4, -0.2) is 44.2 Å². The first-order valence-corrected chi connectivity index (χ1v) is 15.7. The van der Waals surface area contributed by atoms with Gasteiger partial charge in [0.25, 0.3) is 0 Å². The molecule has 1 aliphatic rings. The van der Waals surface area contributed by atoms with Gasteiger partial charge in [0, 0.05) is 50.1 Å². The van der Waals surface area contributed by atoms with Crippen LogP contribution < -0.4 is 0 Å². The summed E-state index contributed by atoms with van der Waals surface area (Å²) in [5, 5.41) is 0. The maximum Gasteiger partial charge on any atom is 0.433 e. The molecule has 1 unspecified atom stereocenters. The number of pyridine rings is 2. The number of rotatable bonds is 9. The number of nitrogens with zero attached hydrogens (tertiary/aromatic N) is 4. The molecular formula is C39H33F3N4O2. The van der Waals surface area contributed by atoms with E-state index in [9.17, 15) is 22.8 Å². The Hall–Kier alpha value is -5.57. The van der Waals surface area contributed by atoms with E-state index in [2.05, 4.69) is 16.0 Å². The first-order chi connectivity index (χ1) is 23.2. The molecule has 0 N–H and O–H groups in total. The highest BCUT2D eigenvalue weighted by atomic mass is 19.4. The van der Waals surface area contributed by atoms with Crippen molar-refractivity contribution in [3.63, 3.8) is 0 Å². The lowest BCUT2D eigenvalue weighted by Gasteiger charge is -2.37. The Labute approximate surface area is 277 Å². The summed E-state index contributed by atoms with van der Waals surface area (Å²) in [6.45, 7) is 1.09. The molecule has 0 fully saturated rings. The van der Waals surface area contributed by atoms with Crippen LogP contribution in [0.3, 0.4) is 0 Å². The van der Waals surface area contributed by atoms with Crippen molar-refractivity contribution >= 4 is 17.9 Å². The van der Waals surface area contributed by atoms with Gasteiger partial charge >= 0.3 is 6.18 Å². The normalized spacial score (nSPS) is 13.6. The predicted octanol–water partition coefficient (Wildman–Crippen LogP) is 7.40. The Balaban J connectivity index is 1.34. The molecule has 0 spiro atoms. The molecule has 242 valence electrons. The molecule has 48 heavy (non-hydrogen) atoms. The molecule has 1 aliphatic heterocycles. The average molecular weight is 647 g/mol. The van der Waals surface area contributed by atoms with Gasteiger partial charge in [0.05, 0.1) is 5.69 Å². The van der Waals surface area contributed by atoms with E-state index >= 15 is 0 Å². The number of alkyl halides is 3. The minimum absolute atomic E-state index is 0.130. The summed E-state index contributed by atoms with van der Waals surface area (Å²) in [5.41, 5.74) is 5.02. The zero-order valence-electron chi connectivity index (χ0n) is 26.1. The highest BCUT2D eigenvalue weighted by Crippen LogP contribution is 2.28. The van der Waals surface area contributed by atoms with Gasteiger partial charge in [0.2, 0.25) is 11.8 Å². The maximum atomic E-state index is 14.5. The quantitative estimate of drug-likeness (QED) is 0.157. The molecule has 2 amide bonds. The zero-order valence-corrected chi connectivity index (χ0v) is 26.1. The largest absolute Gasteiger partial charge is 0.433 e. The third-order valence-corrected chi connectivity index (χ3v) is 8.42. The Bertz CT molecular complexity index is 1880. The van der Waals surface area contributed by atoms with Crippen molar-refractivity contribution in [2.24, 2.45) is 0 Å². The van der Waals surface area contributed by atoms with E-state index in [4.69, 9.17) is 0 Å². The van der Waals surface area contributed by atoms with E-state index in [1.807, 2.05) is 95.9 Å². The fourth-order valence-corrected chi connectivity index (χ4v) is 5.85. The SMILES string of the molecule is O=C(C(Cc1ccccc1)N(Cc1ccc(-c2ccccn2)cc1)C(=O)C=Cc1ccc(C(F)(F)F)nc1)N1CCc2ccccc2C1. The number of amides is 2. The predicted molar refractivity (Wildman–Crippen MR) is 178 cm³/mol. The molecule has 0 bridgehead atoms. The first-order valence-electron chi connectivity index (χ1n) is 15.7. The minimum Gasteiger partial charge on any atom is -0.336 e. The molecule has 6 nitrogen and oxygen atoms in total. The van der Waals surface area contributed by atoms with E-state index < -0.39 is 23.8 Å². The van der Waals surface area contributed by atoms with E-state index in [0.717, 1.165) is 40.2 Å². The van der Waals surface area contributed by atoms with Crippen molar-refractivity contribution in [1.82, 2.24) is 19.8 Å². The van der Waals surface area contributed by atoms with Gasteiger partial charge in [-0.3, -0.25) is 19.6 Å². The fraction of sp³-hybridized carbons (Fsp3) is 0.179. The van der Waals surface area contributed by atoms with Gasteiger partial charge in [-0.1, -0.05) is 91.0 Å². The van der Waals surface area contributed by atoms with E-state index in [-0.39, 0.29) is 18.9 Å². The van der Waals surface area contributed by atoms with Crippen LogP contribution in [0.4, 0.5) is 13.2 Å². The van der Waals surface area contributed by atoms with Crippen LogP contribution in [-0.2, 0) is 41.7 Å². The number of hydrogen-bond acceptors (Lipinski definition) is 4. The Morgan fingerprint density at radius 1 is 0.812 bits per heavy atom. The number of halogens is 3. The third kappa shape index (κ3) is 7.86. The molecule has 3 aromatic carbocycles. The highest BCUT2D eigenvalue weighted by molar-refractivity contribution is 5.95. The molecule has 9 heteroatoms. The summed E-state index contributed by atoms with van der Waals surface area (Å²) in [6, 6.07) is 32.2. The third-order valence-electron chi connectivity index (χ3n) is 8.42. The lowest BCUT2D eigenvalue weighted by molar-refractivity contribution is -0.144. The van der Waals surface area contributed by atoms with Gasteiger partial charge in [-0.05, 0) is 58.5 Å². The van der Waals surface area contributed by atoms with Crippen LogP contribution in [0.2, 0.25) is 0 Å². The zero-order chi connectivity index (χ0) is 33.5. The van der Waals surface area contributed by atoms with Gasteiger partial charge in [-0.15, -0.1) is 0 Å². The van der Waals surface area contributed by atoms with E-state index in [0.29, 0.717) is 25.1 Å². The fourth-order valence-electron chi connectivity index (χ4n) is 5.85. The topological polar surface area (TPSA) is 66.4 Å². The number of carbonyl (C=O) groups is 2. The standard InChI is InChI=1S/C39H33F3N4O2/c40-39(41,42)36-19-15-29(25-44-36)16-20-37(47)46(26-30-13-17-32(18-14-30)34-12-6-7-22-43-34)35(24-28-8-2-1-3-9-28)38(48)45-23-21-31-10-4-5-11-33(31)27-45/h1-20,22,25,35H,21,23-24,26-27H2. The lowest BCUT2D eigenvalue weighted by atomic mass is 9.97. The molecule has 0 saturated heterocycles. The number of fused-ring (bicyclic) bond motifs is 1. The molecule has 3 heterocycles. The maximum absolute atomic E-state index is 14.5. The van der Waals surface area contributed by atoms with Crippen LogP contribution in [0.25, 0.3) is 17.3 Å². The van der Waals surface area contributed by atoms with Gasteiger partial charge in [-0.25, -0.2) is 0 Å². The van der Waals surface area contributed by atoms with Crippen molar-refractivity contribution in [2.45, 2.75) is 38.1 Å². The smallest absolute Gasteiger partial charge is 0.336 e. The number of hydrogen-bond donors (Lipinski definition) is 0. The monoisotopic (exact) mass is 646 g/mol. The molecule has 1 atom stereocenters. The van der Waals surface area contributed by atoms with Crippen molar-refractivity contribution in [3.8, 4) is 11.3 Å². The highest BCUT2D eigenvalue weighted by Gasteiger charge is 2.34. The lowest BCUT2D eigenvalue weighted by Crippen LogP contribution is -2.52. The van der Waals surface area contributed by atoms with Crippen molar-refractivity contribution in [3.05, 3.63) is 161 Å². The van der Waals surface area contributed by atoms with Crippen LogP contribution in [0, 0.1) is 0 Å². The average Bonchev–Trinajstić information content (AvgIpc) is 3.12. The summed E-state index contributed by atoms with van der Waals surface area (Å²) < 4.78 is 39.2. The number of aromatic nitrogens is 2. The number of benzene rings is 3. The second-order valence-electron chi connectivity index (χ2n) is 11.7. The molecule has 5 aromatic rings. The van der Waals surface area contributed by atoms with Gasteiger partial charge in [-0.2, -0.15) is 13.2 Å². The van der Waals surface area contributed by atoms with Gasteiger partial charge in [0.1, 0.15) is 11.7 Å². The second kappa shape index (κ2) is 14.5. The Kier molecular flexibility index (Phi) is 9.75.